The molecule has 0 aliphatic heterocycles. The standard InChI is InChI=1S/C22H25N3O8S/c1-23-19(26)13-25(16-8-6-5-7-15(16)22(29)24-2)34(30,31)18-12-14(9-10-20(27)28)11-17(32-3)21(18)33-4/h5-12H,13H2,1-4H3,(H,23,26)(H,24,29)(H,27,28). The van der Waals surface area contributed by atoms with Crippen LogP contribution >= 0.6 is 0 Å². The van der Waals surface area contributed by atoms with Gasteiger partial charge in [0.05, 0.1) is 25.5 Å². The van der Waals surface area contributed by atoms with E-state index >= 15 is 0 Å². The van der Waals surface area contributed by atoms with Gasteiger partial charge >= 0.3 is 5.97 Å². The molecule has 0 radical (unpaired) electrons. The number of rotatable bonds is 10. The van der Waals surface area contributed by atoms with E-state index in [1.165, 1.54) is 64.7 Å². The van der Waals surface area contributed by atoms with Crippen LogP contribution in [-0.4, -0.2) is 66.2 Å². The fourth-order valence-corrected chi connectivity index (χ4v) is 4.70. The van der Waals surface area contributed by atoms with Gasteiger partial charge in [0.15, 0.2) is 11.5 Å². The van der Waals surface area contributed by atoms with E-state index in [4.69, 9.17) is 14.6 Å². The van der Waals surface area contributed by atoms with Gasteiger partial charge in [-0.15, -0.1) is 0 Å². The molecule has 2 aromatic carbocycles. The van der Waals surface area contributed by atoms with Crippen LogP contribution in [0.2, 0.25) is 0 Å². The molecule has 3 N–H and O–H groups in total. The lowest BCUT2D eigenvalue weighted by molar-refractivity contribution is -0.131. The van der Waals surface area contributed by atoms with Crippen LogP contribution in [0.15, 0.2) is 47.4 Å². The number of methoxy groups -OCH3 is 2. The topological polar surface area (TPSA) is 151 Å². The Labute approximate surface area is 197 Å². The Morgan fingerprint density at radius 1 is 1.06 bits per heavy atom. The molecule has 0 atom stereocenters. The predicted octanol–water partition coefficient (Wildman–Crippen LogP) is 1.10. The van der Waals surface area contributed by atoms with Gasteiger partial charge in [-0.3, -0.25) is 13.9 Å². The second-order valence-corrected chi connectivity index (χ2v) is 8.54. The van der Waals surface area contributed by atoms with Crippen molar-refractivity contribution >= 4 is 39.6 Å². The normalized spacial score (nSPS) is 11.1. The summed E-state index contributed by atoms with van der Waals surface area (Å²) in [5, 5.41) is 13.8. The summed E-state index contributed by atoms with van der Waals surface area (Å²) in [4.78, 5) is 35.3. The smallest absolute Gasteiger partial charge is 0.328 e. The molecule has 11 nitrogen and oxygen atoms in total. The van der Waals surface area contributed by atoms with E-state index in [0.717, 1.165) is 10.4 Å². The Balaban J connectivity index is 2.86. The molecule has 0 spiro atoms. The third-order valence-corrected chi connectivity index (χ3v) is 6.43. The first-order valence-electron chi connectivity index (χ1n) is 9.82. The number of para-hydroxylation sites is 1. The molecule has 2 amide bonds. The first-order chi connectivity index (χ1) is 16.1. The highest BCUT2D eigenvalue weighted by Gasteiger charge is 2.33. The average Bonchev–Trinajstić information content (AvgIpc) is 2.84. The van der Waals surface area contributed by atoms with E-state index in [2.05, 4.69) is 10.6 Å². The van der Waals surface area contributed by atoms with Crippen LogP contribution < -0.4 is 24.4 Å². The molecule has 0 aromatic heterocycles. The number of carbonyl (C=O) groups excluding carboxylic acids is 2. The molecule has 2 rings (SSSR count). The summed E-state index contributed by atoms with van der Waals surface area (Å²) in [5.41, 5.74) is 0.168. The Morgan fingerprint density at radius 3 is 2.29 bits per heavy atom. The molecule has 2 aromatic rings. The Morgan fingerprint density at radius 2 is 1.74 bits per heavy atom. The summed E-state index contributed by atoms with van der Waals surface area (Å²) in [6.45, 7) is -0.645. The highest BCUT2D eigenvalue weighted by molar-refractivity contribution is 7.93. The minimum atomic E-state index is -4.55. The van der Waals surface area contributed by atoms with Crippen LogP contribution in [-0.2, 0) is 19.6 Å². The van der Waals surface area contributed by atoms with E-state index in [9.17, 15) is 22.8 Å². The zero-order valence-corrected chi connectivity index (χ0v) is 19.8. The Bertz CT molecular complexity index is 1220. The fraction of sp³-hybridized carbons (Fsp3) is 0.227. The quantitative estimate of drug-likeness (QED) is 0.418. The van der Waals surface area contributed by atoms with Gasteiger partial charge in [-0.2, -0.15) is 0 Å². The van der Waals surface area contributed by atoms with Gasteiger partial charge < -0.3 is 25.2 Å². The molecule has 0 fully saturated rings. The second kappa shape index (κ2) is 11.2. The predicted molar refractivity (Wildman–Crippen MR) is 125 cm³/mol. The van der Waals surface area contributed by atoms with Crippen LogP contribution in [0.5, 0.6) is 11.5 Å². The SMILES string of the molecule is CNC(=O)CN(c1ccccc1C(=O)NC)S(=O)(=O)c1cc(C=CC(=O)O)cc(OC)c1OC. The molecule has 12 heteroatoms. The van der Waals surface area contributed by atoms with Crippen LogP contribution in [0.4, 0.5) is 5.69 Å². The zero-order valence-electron chi connectivity index (χ0n) is 19.0. The van der Waals surface area contributed by atoms with Gasteiger partial charge in [-0.05, 0) is 35.9 Å². The van der Waals surface area contributed by atoms with Crippen molar-refractivity contribution in [3.05, 3.63) is 53.6 Å². The minimum absolute atomic E-state index is 0.0188. The number of nitrogens with zero attached hydrogens (tertiary/aromatic N) is 1. The number of benzene rings is 2. The van der Waals surface area contributed by atoms with Crippen molar-refractivity contribution in [1.82, 2.24) is 10.6 Å². The lowest BCUT2D eigenvalue weighted by Crippen LogP contribution is -2.41. The summed E-state index contributed by atoms with van der Waals surface area (Å²) >= 11 is 0. The number of carbonyl (C=O) groups is 3. The molecule has 0 aliphatic rings. The number of nitrogens with one attached hydrogen (secondary N) is 2. The van der Waals surface area contributed by atoms with Crippen molar-refractivity contribution in [3.63, 3.8) is 0 Å². The number of amides is 2. The van der Waals surface area contributed by atoms with Gasteiger partial charge in [0, 0.05) is 20.2 Å². The molecule has 0 heterocycles. The molecule has 0 unspecified atom stereocenters. The maximum Gasteiger partial charge on any atom is 0.328 e. The van der Waals surface area contributed by atoms with Crippen molar-refractivity contribution in [3.8, 4) is 11.5 Å². The zero-order chi connectivity index (χ0) is 25.5. The number of carboxylic acid groups (broad SMARTS) is 1. The molecular formula is C22H25N3O8S. The van der Waals surface area contributed by atoms with Crippen LogP contribution in [0.1, 0.15) is 15.9 Å². The lowest BCUT2D eigenvalue weighted by atomic mass is 10.1. The fourth-order valence-electron chi connectivity index (χ4n) is 3.05. The summed E-state index contributed by atoms with van der Waals surface area (Å²) in [6.07, 6.45) is 2.02. The summed E-state index contributed by atoms with van der Waals surface area (Å²) in [7, 11) is 0.719. The second-order valence-electron chi connectivity index (χ2n) is 6.71. The monoisotopic (exact) mass is 491 g/mol. The number of aliphatic carboxylic acids is 1. The van der Waals surface area contributed by atoms with Crippen molar-refractivity contribution in [2.45, 2.75) is 4.90 Å². The number of sulfonamides is 1. The number of ether oxygens (including phenoxy) is 2. The molecule has 0 saturated carbocycles. The van der Waals surface area contributed by atoms with Crippen LogP contribution in [0.25, 0.3) is 6.08 Å². The van der Waals surface area contributed by atoms with E-state index in [0.29, 0.717) is 0 Å². The molecular weight excluding hydrogens is 466 g/mol. The van der Waals surface area contributed by atoms with Crippen LogP contribution in [0, 0.1) is 0 Å². The van der Waals surface area contributed by atoms with Crippen LogP contribution in [0.3, 0.4) is 0 Å². The Hall–Kier alpha value is -4.06. The molecule has 0 bridgehead atoms. The molecule has 34 heavy (non-hydrogen) atoms. The van der Waals surface area contributed by atoms with Gasteiger partial charge in [-0.1, -0.05) is 12.1 Å². The highest BCUT2D eigenvalue weighted by Crippen LogP contribution is 2.39. The van der Waals surface area contributed by atoms with Crippen molar-refractivity contribution in [1.29, 1.82) is 0 Å². The summed E-state index contributed by atoms with van der Waals surface area (Å²) in [6, 6.07) is 8.49. The van der Waals surface area contributed by atoms with Crippen molar-refractivity contribution < 1.29 is 37.4 Å². The van der Waals surface area contributed by atoms with Gasteiger partial charge in [0.25, 0.3) is 15.9 Å². The lowest BCUT2D eigenvalue weighted by Gasteiger charge is -2.27. The number of hydrogen-bond donors (Lipinski definition) is 3. The molecule has 0 aliphatic carbocycles. The number of likely N-dealkylation sites (N-methyl/N-ethyl adjacent to an activating group) is 1. The third-order valence-electron chi connectivity index (χ3n) is 4.66. The maximum atomic E-state index is 13.9. The van der Waals surface area contributed by atoms with Gasteiger partial charge in [0.2, 0.25) is 5.91 Å². The van der Waals surface area contributed by atoms with Crippen molar-refractivity contribution in [2.24, 2.45) is 0 Å². The number of carboxylic acids is 1. The molecule has 182 valence electrons. The summed E-state index contributed by atoms with van der Waals surface area (Å²) < 4.78 is 39.2. The van der Waals surface area contributed by atoms with Gasteiger partial charge in [-0.25, -0.2) is 13.2 Å². The number of anilines is 1. The van der Waals surface area contributed by atoms with E-state index in [1.807, 2.05) is 0 Å². The Kier molecular flexibility index (Phi) is 8.62. The van der Waals surface area contributed by atoms with E-state index < -0.39 is 39.2 Å². The maximum absolute atomic E-state index is 13.9. The third kappa shape index (κ3) is 5.64. The largest absolute Gasteiger partial charge is 0.493 e. The minimum Gasteiger partial charge on any atom is -0.493 e. The first kappa shape index (κ1) is 26.2. The summed E-state index contributed by atoms with van der Waals surface area (Å²) in [5.74, 6) is -2.57. The van der Waals surface area contributed by atoms with E-state index in [1.54, 1.807) is 6.07 Å². The van der Waals surface area contributed by atoms with Gasteiger partial charge in [0.1, 0.15) is 11.4 Å². The average molecular weight is 492 g/mol. The molecule has 0 saturated heterocycles. The highest BCUT2D eigenvalue weighted by atomic mass is 32.2. The van der Waals surface area contributed by atoms with Crippen molar-refractivity contribution in [2.75, 3.05) is 39.2 Å². The van der Waals surface area contributed by atoms with E-state index in [-0.39, 0.29) is 28.3 Å². The number of hydrogen-bond acceptors (Lipinski definition) is 7. The first-order valence-corrected chi connectivity index (χ1v) is 11.3.